The van der Waals surface area contributed by atoms with E-state index >= 15 is 0 Å². The number of methoxy groups -OCH3 is 1. The fourth-order valence-electron chi connectivity index (χ4n) is 2.17. The average Bonchev–Trinajstić information content (AvgIpc) is 2.90. The number of anilines is 1. The van der Waals surface area contributed by atoms with Gasteiger partial charge in [-0.25, -0.2) is 4.39 Å². The van der Waals surface area contributed by atoms with Gasteiger partial charge in [0.15, 0.2) is 0 Å². The van der Waals surface area contributed by atoms with Gasteiger partial charge >= 0.3 is 0 Å². The summed E-state index contributed by atoms with van der Waals surface area (Å²) < 4.78 is 18.4. The Morgan fingerprint density at radius 3 is 2.94 bits per heavy atom. The molecule has 1 amide bonds. The molecule has 18 heavy (non-hydrogen) atoms. The maximum absolute atomic E-state index is 13.3. The molecule has 5 heteroatoms. The first-order chi connectivity index (χ1) is 8.63. The molecule has 1 N–H and O–H groups in total. The number of rotatable bonds is 3. The van der Waals surface area contributed by atoms with Crippen LogP contribution >= 0.6 is 0 Å². The van der Waals surface area contributed by atoms with Crippen molar-refractivity contribution in [2.75, 3.05) is 25.6 Å². The Morgan fingerprint density at radius 2 is 2.33 bits per heavy atom. The number of ether oxygens (including phenoxy) is 1. The minimum Gasteiger partial charge on any atom is -0.495 e. The minimum absolute atomic E-state index is 0.0589. The monoisotopic (exact) mass is 252 g/mol. The van der Waals surface area contributed by atoms with Crippen molar-refractivity contribution in [2.45, 2.75) is 18.9 Å². The van der Waals surface area contributed by atoms with Gasteiger partial charge in [-0.2, -0.15) is 0 Å². The van der Waals surface area contributed by atoms with Gasteiger partial charge in [0.1, 0.15) is 11.6 Å². The van der Waals surface area contributed by atoms with Gasteiger partial charge < -0.3 is 15.0 Å². The number of hydrogen-bond donors (Lipinski definition) is 1. The summed E-state index contributed by atoms with van der Waals surface area (Å²) in [7, 11) is 3.14. The second kappa shape index (κ2) is 5.35. The lowest BCUT2D eigenvalue weighted by atomic mass is 10.2. The molecule has 1 fully saturated rings. The molecule has 0 aromatic heterocycles. The van der Waals surface area contributed by atoms with Crippen LogP contribution in [0.15, 0.2) is 18.2 Å². The number of benzene rings is 1. The SMILES string of the molecule is COc1ccc(F)cc1N(C)C(=O)C1CCCN1. The average molecular weight is 252 g/mol. The van der Waals surface area contributed by atoms with Crippen molar-refractivity contribution in [3.8, 4) is 5.75 Å². The van der Waals surface area contributed by atoms with E-state index in [0.29, 0.717) is 11.4 Å². The summed E-state index contributed by atoms with van der Waals surface area (Å²) in [5.41, 5.74) is 0.455. The molecule has 1 atom stereocenters. The molecule has 98 valence electrons. The van der Waals surface area contributed by atoms with Crippen molar-refractivity contribution in [2.24, 2.45) is 0 Å². The second-order valence-corrected chi connectivity index (χ2v) is 4.36. The minimum atomic E-state index is -0.384. The number of nitrogens with one attached hydrogen (secondary N) is 1. The lowest BCUT2D eigenvalue weighted by molar-refractivity contribution is -0.119. The summed E-state index contributed by atoms with van der Waals surface area (Å²) in [4.78, 5) is 13.7. The standard InChI is InChI=1S/C13H17FN2O2/c1-16(13(17)10-4-3-7-15-10)11-8-9(14)5-6-12(11)18-2/h5-6,8,10,15H,3-4,7H2,1-2H3. The Labute approximate surface area is 106 Å². The van der Waals surface area contributed by atoms with E-state index in [9.17, 15) is 9.18 Å². The van der Waals surface area contributed by atoms with Crippen molar-refractivity contribution in [1.29, 1.82) is 0 Å². The van der Waals surface area contributed by atoms with Crippen molar-refractivity contribution in [1.82, 2.24) is 5.32 Å². The molecule has 2 rings (SSSR count). The Hall–Kier alpha value is -1.62. The van der Waals surface area contributed by atoms with Gasteiger partial charge in [0.25, 0.3) is 0 Å². The second-order valence-electron chi connectivity index (χ2n) is 4.36. The topological polar surface area (TPSA) is 41.6 Å². The van der Waals surface area contributed by atoms with Crippen LogP contribution in [0.2, 0.25) is 0 Å². The molecule has 0 saturated carbocycles. The molecule has 1 heterocycles. The third kappa shape index (κ3) is 2.46. The highest BCUT2D eigenvalue weighted by Gasteiger charge is 2.27. The van der Waals surface area contributed by atoms with Gasteiger partial charge in [0.05, 0.1) is 18.8 Å². The van der Waals surface area contributed by atoms with Crippen LogP contribution in [0.3, 0.4) is 0 Å². The van der Waals surface area contributed by atoms with E-state index in [0.717, 1.165) is 19.4 Å². The molecule has 1 saturated heterocycles. The van der Waals surface area contributed by atoms with Gasteiger partial charge in [0, 0.05) is 13.1 Å². The van der Waals surface area contributed by atoms with Gasteiger partial charge in [-0.3, -0.25) is 4.79 Å². The first kappa shape index (κ1) is 12.8. The first-order valence-corrected chi connectivity index (χ1v) is 5.98. The highest BCUT2D eigenvalue weighted by molar-refractivity contribution is 5.98. The number of halogens is 1. The summed E-state index contributed by atoms with van der Waals surface area (Å²) in [5.74, 6) is 0.0477. The third-order valence-corrected chi connectivity index (χ3v) is 3.19. The van der Waals surface area contributed by atoms with E-state index in [1.54, 1.807) is 7.05 Å². The van der Waals surface area contributed by atoms with Crippen molar-refractivity contribution >= 4 is 11.6 Å². The summed E-state index contributed by atoms with van der Waals surface area (Å²) in [6.07, 6.45) is 1.81. The number of carbonyl (C=O) groups is 1. The van der Waals surface area contributed by atoms with Crippen LogP contribution < -0.4 is 15.0 Å². The predicted octanol–water partition coefficient (Wildman–Crippen LogP) is 1.55. The largest absolute Gasteiger partial charge is 0.495 e. The molecule has 1 unspecified atom stereocenters. The fraction of sp³-hybridized carbons (Fsp3) is 0.462. The third-order valence-electron chi connectivity index (χ3n) is 3.19. The van der Waals surface area contributed by atoms with Crippen LogP contribution in [-0.4, -0.2) is 32.7 Å². The van der Waals surface area contributed by atoms with E-state index in [4.69, 9.17) is 4.74 Å². The molecule has 0 spiro atoms. The summed E-state index contributed by atoms with van der Waals surface area (Å²) in [6, 6.07) is 3.97. The Morgan fingerprint density at radius 1 is 1.56 bits per heavy atom. The molecule has 4 nitrogen and oxygen atoms in total. The van der Waals surface area contributed by atoms with Crippen molar-refractivity contribution in [3.05, 3.63) is 24.0 Å². The highest BCUT2D eigenvalue weighted by atomic mass is 19.1. The zero-order valence-corrected chi connectivity index (χ0v) is 10.6. The van der Waals surface area contributed by atoms with E-state index in [1.165, 1.54) is 30.2 Å². The Balaban J connectivity index is 2.24. The number of likely N-dealkylation sites (N-methyl/N-ethyl adjacent to an activating group) is 1. The molecule has 0 radical (unpaired) electrons. The molecule has 0 aliphatic carbocycles. The summed E-state index contributed by atoms with van der Waals surface area (Å²) >= 11 is 0. The van der Waals surface area contributed by atoms with E-state index in [2.05, 4.69) is 5.32 Å². The number of nitrogens with zero attached hydrogens (tertiary/aromatic N) is 1. The molecule has 0 bridgehead atoms. The molecular formula is C13H17FN2O2. The predicted molar refractivity (Wildman–Crippen MR) is 67.4 cm³/mol. The van der Waals surface area contributed by atoms with Crippen LogP contribution in [-0.2, 0) is 4.79 Å². The maximum atomic E-state index is 13.3. The molecule has 1 aliphatic heterocycles. The molecule has 1 aromatic carbocycles. The van der Waals surface area contributed by atoms with Gasteiger partial charge in [-0.15, -0.1) is 0 Å². The zero-order valence-electron chi connectivity index (χ0n) is 10.6. The smallest absolute Gasteiger partial charge is 0.243 e. The van der Waals surface area contributed by atoms with E-state index in [-0.39, 0.29) is 17.8 Å². The van der Waals surface area contributed by atoms with Crippen molar-refractivity contribution < 1.29 is 13.9 Å². The number of hydrogen-bond acceptors (Lipinski definition) is 3. The van der Waals surface area contributed by atoms with Crippen molar-refractivity contribution in [3.63, 3.8) is 0 Å². The van der Waals surface area contributed by atoms with Crippen LogP contribution in [0.1, 0.15) is 12.8 Å². The van der Waals surface area contributed by atoms with Crippen LogP contribution in [0.5, 0.6) is 5.75 Å². The van der Waals surface area contributed by atoms with Crippen LogP contribution in [0, 0.1) is 5.82 Å². The van der Waals surface area contributed by atoms with Crippen LogP contribution in [0.25, 0.3) is 0 Å². The Kier molecular flexibility index (Phi) is 3.81. The highest BCUT2D eigenvalue weighted by Crippen LogP contribution is 2.29. The fourth-order valence-corrected chi connectivity index (χ4v) is 2.17. The molecule has 1 aromatic rings. The summed E-state index contributed by atoms with van der Waals surface area (Å²) in [6.45, 7) is 0.852. The van der Waals surface area contributed by atoms with E-state index in [1.807, 2.05) is 0 Å². The quantitative estimate of drug-likeness (QED) is 0.887. The van der Waals surface area contributed by atoms with Gasteiger partial charge in [-0.05, 0) is 31.5 Å². The van der Waals surface area contributed by atoms with E-state index < -0.39 is 0 Å². The lowest BCUT2D eigenvalue weighted by Crippen LogP contribution is -2.41. The Bertz CT molecular complexity index is 445. The lowest BCUT2D eigenvalue weighted by Gasteiger charge is -2.23. The van der Waals surface area contributed by atoms with Crippen LogP contribution in [0.4, 0.5) is 10.1 Å². The summed E-state index contributed by atoms with van der Waals surface area (Å²) in [5, 5.41) is 3.13. The molecule has 1 aliphatic rings. The first-order valence-electron chi connectivity index (χ1n) is 5.98. The maximum Gasteiger partial charge on any atom is 0.243 e. The number of amides is 1. The van der Waals surface area contributed by atoms with Gasteiger partial charge in [0.2, 0.25) is 5.91 Å². The number of carbonyl (C=O) groups excluding carboxylic acids is 1. The normalized spacial score (nSPS) is 18.7. The van der Waals surface area contributed by atoms with Gasteiger partial charge in [-0.1, -0.05) is 0 Å². The zero-order chi connectivity index (χ0) is 13.1. The molecular weight excluding hydrogens is 235 g/mol.